The number of hydroxylamine groups is 1. The SMILES string of the molecule is Cc1ccccc1C(C)NOCC(N)=O. The van der Waals surface area contributed by atoms with E-state index in [1.807, 2.05) is 38.1 Å². The van der Waals surface area contributed by atoms with Crippen LogP contribution in [0.3, 0.4) is 0 Å². The number of carbonyl (C=O) groups excluding carboxylic acids is 1. The summed E-state index contributed by atoms with van der Waals surface area (Å²) >= 11 is 0. The summed E-state index contributed by atoms with van der Waals surface area (Å²) in [5.41, 5.74) is 10.0. The monoisotopic (exact) mass is 208 g/mol. The lowest BCUT2D eigenvalue weighted by Crippen LogP contribution is -2.27. The molecule has 0 fully saturated rings. The van der Waals surface area contributed by atoms with Gasteiger partial charge in [-0.3, -0.25) is 9.63 Å². The van der Waals surface area contributed by atoms with E-state index in [1.165, 1.54) is 5.56 Å². The average molecular weight is 208 g/mol. The lowest BCUT2D eigenvalue weighted by atomic mass is 10.0. The van der Waals surface area contributed by atoms with Gasteiger partial charge in [-0.2, -0.15) is 5.48 Å². The third kappa shape index (κ3) is 3.69. The Balaban J connectivity index is 2.50. The molecule has 0 spiro atoms. The molecule has 0 aliphatic heterocycles. The second-order valence-electron chi connectivity index (χ2n) is 3.45. The second-order valence-corrected chi connectivity index (χ2v) is 3.45. The number of hydrogen-bond donors (Lipinski definition) is 2. The Bertz CT molecular complexity index is 339. The summed E-state index contributed by atoms with van der Waals surface area (Å²) < 4.78 is 0. The fourth-order valence-electron chi connectivity index (χ4n) is 1.37. The second kappa shape index (κ2) is 5.48. The molecule has 0 saturated heterocycles. The molecule has 0 heterocycles. The Morgan fingerprint density at radius 3 is 2.80 bits per heavy atom. The van der Waals surface area contributed by atoms with Crippen molar-refractivity contribution < 1.29 is 9.63 Å². The average Bonchev–Trinajstić information content (AvgIpc) is 2.17. The number of nitrogens with one attached hydrogen (secondary N) is 1. The number of amides is 1. The zero-order valence-electron chi connectivity index (χ0n) is 8.99. The van der Waals surface area contributed by atoms with E-state index in [2.05, 4.69) is 5.48 Å². The Kier molecular flexibility index (Phi) is 4.27. The number of nitrogens with two attached hydrogens (primary N) is 1. The molecule has 0 aromatic heterocycles. The lowest BCUT2D eigenvalue weighted by molar-refractivity contribution is -0.126. The number of aryl methyl sites for hydroxylation is 1. The van der Waals surface area contributed by atoms with E-state index in [9.17, 15) is 4.79 Å². The van der Waals surface area contributed by atoms with E-state index in [0.29, 0.717) is 0 Å². The van der Waals surface area contributed by atoms with Crippen molar-refractivity contribution in [3.05, 3.63) is 35.4 Å². The molecule has 0 bridgehead atoms. The first-order valence-corrected chi connectivity index (χ1v) is 4.82. The van der Waals surface area contributed by atoms with Crippen LogP contribution in [0.25, 0.3) is 0 Å². The maximum Gasteiger partial charge on any atom is 0.245 e. The predicted octanol–water partition coefficient (Wildman–Crippen LogP) is 1.06. The number of hydrogen-bond acceptors (Lipinski definition) is 3. The zero-order valence-corrected chi connectivity index (χ0v) is 8.99. The minimum absolute atomic E-state index is 0.0329. The number of primary amides is 1. The van der Waals surface area contributed by atoms with Crippen LogP contribution in [-0.4, -0.2) is 12.5 Å². The summed E-state index contributed by atoms with van der Waals surface area (Å²) in [6, 6.07) is 8.03. The van der Waals surface area contributed by atoms with Gasteiger partial charge in [0.2, 0.25) is 5.91 Å². The van der Waals surface area contributed by atoms with Crippen molar-refractivity contribution in [1.29, 1.82) is 0 Å². The Labute approximate surface area is 89.4 Å². The largest absolute Gasteiger partial charge is 0.368 e. The van der Waals surface area contributed by atoms with E-state index >= 15 is 0 Å². The molecule has 1 aromatic rings. The molecule has 0 aliphatic rings. The summed E-state index contributed by atoms with van der Waals surface area (Å²) in [5.74, 6) is -0.487. The van der Waals surface area contributed by atoms with Crippen LogP contribution in [0.2, 0.25) is 0 Å². The third-order valence-corrected chi connectivity index (χ3v) is 2.13. The highest BCUT2D eigenvalue weighted by molar-refractivity contribution is 5.74. The van der Waals surface area contributed by atoms with Gasteiger partial charge in [-0.1, -0.05) is 24.3 Å². The van der Waals surface area contributed by atoms with Gasteiger partial charge in [-0.25, -0.2) is 0 Å². The van der Waals surface area contributed by atoms with Crippen molar-refractivity contribution in [1.82, 2.24) is 5.48 Å². The first-order valence-electron chi connectivity index (χ1n) is 4.82. The quantitative estimate of drug-likeness (QED) is 0.711. The Morgan fingerprint density at radius 2 is 2.20 bits per heavy atom. The Morgan fingerprint density at radius 1 is 1.53 bits per heavy atom. The van der Waals surface area contributed by atoms with Crippen molar-refractivity contribution in [3.8, 4) is 0 Å². The van der Waals surface area contributed by atoms with Crippen LogP contribution in [0.4, 0.5) is 0 Å². The molecule has 1 unspecified atom stereocenters. The Hall–Kier alpha value is -1.39. The molecular weight excluding hydrogens is 192 g/mol. The van der Waals surface area contributed by atoms with Crippen LogP contribution in [0.1, 0.15) is 24.1 Å². The van der Waals surface area contributed by atoms with Gasteiger partial charge in [0.25, 0.3) is 0 Å². The summed E-state index contributed by atoms with van der Waals surface area (Å²) in [5, 5.41) is 0. The molecule has 4 heteroatoms. The van der Waals surface area contributed by atoms with Crippen LogP contribution in [0, 0.1) is 6.92 Å². The fourth-order valence-corrected chi connectivity index (χ4v) is 1.37. The molecular formula is C11H16N2O2. The molecule has 4 nitrogen and oxygen atoms in total. The zero-order chi connectivity index (χ0) is 11.3. The molecule has 1 aromatic carbocycles. The van der Waals surface area contributed by atoms with Crippen LogP contribution in [0.15, 0.2) is 24.3 Å². The summed E-state index contributed by atoms with van der Waals surface area (Å²) in [6.07, 6.45) is 0. The van der Waals surface area contributed by atoms with Crippen molar-refractivity contribution in [3.63, 3.8) is 0 Å². The van der Waals surface area contributed by atoms with E-state index < -0.39 is 5.91 Å². The van der Waals surface area contributed by atoms with E-state index in [1.54, 1.807) is 0 Å². The van der Waals surface area contributed by atoms with Gasteiger partial charge in [-0.15, -0.1) is 0 Å². The van der Waals surface area contributed by atoms with Gasteiger partial charge in [-0.05, 0) is 25.0 Å². The van der Waals surface area contributed by atoms with Gasteiger partial charge in [0.1, 0.15) is 6.61 Å². The molecule has 1 amide bonds. The van der Waals surface area contributed by atoms with Gasteiger partial charge < -0.3 is 5.73 Å². The van der Waals surface area contributed by atoms with Crippen LogP contribution in [-0.2, 0) is 9.63 Å². The lowest BCUT2D eigenvalue weighted by Gasteiger charge is -2.15. The number of carbonyl (C=O) groups is 1. The van der Waals surface area contributed by atoms with Crippen molar-refractivity contribution in [2.75, 3.05) is 6.61 Å². The van der Waals surface area contributed by atoms with Crippen LogP contribution < -0.4 is 11.2 Å². The summed E-state index contributed by atoms with van der Waals surface area (Å²) in [7, 11) is 0. The van der Waals surface area contributed by atoms with E-state index in [-0.39, 0.29) is 12.6 Å². The van der Waals surface area contributed by atoms with E-state index in [0.717, 1.165) is 5.56 Å². The van der Waals surface area contributed by atoms with Crippen LogP contribution >= 0.6 is 0 Å². The fraction of sp³-hybridized carbons (Fsp3) is 0.364. The summed E-state index contributed by atoms with van der Waals surface area (Å²) in [4.78, 5) is 15.4. The molecule has 1 atom stereocenters. The smallest absolute Gasteiger partial charge is 0.245 e. The van der Waals surface area contributed by atoms with Crippen molar-refractivity contribution in [2.24, 2.45) is 5.73 Å². The van der Waals surface area contributed by atoms with Gasteiger partial charge >= 0.3 is 0 Å². The standard InChI is InChI=1S/C11H16N2O2/c1-8-5-3-4-6-10(8)9(2)13-15-7-11(12)14/h3-6,9,13H,7H2,1-2H3,(H2,12,14). The third-order valence-electron chi connectivity index (χ3n) is 2.13. The maximum absolute atomic E-state index is 10.4. The molecule has 0 aliphatic carbocycles. The molecule has 0 radical (unpaired) electrons. The molecule has 0 saturated carbocycles. The van der Waals surface area contributed by atoms with Crippen LogP contribution in [0.5, 0.6) is 0 Å². The van der Waals surface area contributed by atoms with Gasteiger partial charge in [0.15, 0.2) is 0 Å². The molecule has 82 valence electrons. The van der Waals surface area contributed by atoms with Crippen molar-refractivity contribution >= 4 is 5.91 Å². The highest BCUT2D eigenvalue weighted by Gasteiger charge is 2.07. The van der Waals surface area contributed by atoms with Gasteiger partial charge in [0, 0.05) is 0 Å². The summed E-state index contributed by atoms with van der Waals surface area (Å²) in [6.45, 7) is 3.88. The molecule has 3 N–H and O–H groups in total. The minimum atomic E-state index is -0.487. The van der Waals surface area contributed by atoms with Gasteiger partial charge in [0.05, 0.1) is 6.04 Å². The minimum Gasteiger partial charge on any atom is -0.368 e. The first-order chi connectivity index (χ1) is 7.11. The first kappa shape index (κ1) is 11.7. The van der Waals surface area contributed by atoms with Crippen molar-refractivity contribution in [2.45, 2.75) is 19.9 Å². The predicted molar refractivity (Wildman–Crippen MR) is 57.9 cm³/mol. The number of benzene rings is 1. The maximum atomic E-state index is 10.4. The van der Waals surface area contributed by atoms with E-state index in [4.69, 9.17) is 10.6 Å². The highest BCUT2D eigenvalue weighted by atomic mass is 16.6. The number of rotatable bonds is 5. The topological polar surface area (TPSA) is 64.3 Å². The molecule has 1 rings (SSSR count). The normalized spacial score (nSPS) is 12.4. The molecule has 15 heavy (non-hydrogen) atoms. The highest BCUT2D eigenvalue weighted by Crippen LogP contribution is 2.16.